The minimum Gasteiger partial charge on any atom is -0.382 e. The Balaban J connectivity index is 2.06. The van der Waals surface area contributed by atoms with Gasteiger partial charge in [-0.1, -0.05) is 0 Å². The van der Waals surface area contributed by atoms with Gasteiger partial charge in [-0.05, 0) is 18.2 Å². The number of nitrogens with zero attached hydrogens (tertiary/aromatic N) is 1. The van der Waals surface area contributed by atoms with Crippen LogP contribution in [0.25, 0.3) is 22.0 Å². The number of nitrogens with one attached hydrogen (secondary N) is 1. The van der Waals surface area contributed by atoms with Crippen LogP contribution in [0.4, 0.5) is 22.0 Å². The lowest BCUT2D eigenvalue weighted by molar-refractivity contribution is -0.137. The van der Waals surface area contributed by atoms with E-state index >= 15 is 0 Å². The summed E-state index contributed by atoms with van der Waals surface area (Å²) in [6, 6.07) is 2.83. The van der Waals surface area contributed by atoms with Crippen LogP contribution in [0.2, 0.25) is 0 Å². The zero-order chi connectivity index (χ0) is 23.9. The lowest BCUT2D eigenvalue weighted by Gasteiger charge is -2.20. The Kier molecular flexibility index (Phi) is 6.34. The number of alkyl halides is 3. The number of methoxy groups -OCH3 is 1. The maximum Gasteiger partial charge on any atom is 0.417 e. The molecule has 2 heterocycles. The van der Waals surface area contributed by atoms with Crippen molar-refractivity contribution in [1.29, 1.82) is 0 Å². The number of halogens is 5. The molecule has 0 saturated heterocycles. The van der Waals surface area contributed by atoms with Gasteiger partial charge in [-0.2, -0.15) is 13.2 Å². The number of hydrogen-bond donors (Lipinski definition) is 1. The lowest BCUT2D eigenvalue weighted by Crippen LogP contribution is -2.34. The van der Waals surface area contributed by atoms with Crippen molar-refractivity contribution in [2.45, 2.75) is 23.7 Å². The number of aromatic amines is 1. The first-order chi connectivity index (χ1) is 15.6. The normalized spacial score (nSPS) is 16.2. The van der Waals surface area contributed by atoms with Gasteiger partial charge in [0, 0.05) is 35.0 Å². The Hall–Kier alpha value is -2.70. The molecule has 0 aliphatic carbocycles. The van der Waals surface area contributed by atoms with E-state index in [1.54, 1.807) is 0 Å². The van der Waals surface area contributed by atoms with Gasteiger partial charge in [-0.25, -0.2) is 13.6 Å². The number of aromatic nitrogens is 2. The standard InChI is InChI=1S/C21H17F5N2O4S/c1-31-4-5-32-11-8-28-17-13(19(29)27-20(28)30)7-14(21(24,25)26)16(18(17)33-9-11)12-3-2-10(22)6-15(12)23/h2-3,6-7,11H,4-5,8-9H2,1H3,(H,27,29,30)/t11-/m1/s1. The summed E-state index contributed by atoms with van der Waals surface area (Å²) in [6.45, 7) is 0.382. The molecule has 176 valence electrons. The Morgan fingerprint density at radius 3 is 2.61 bits per heavy atom. The summed E-state index contributed by atoms with van der Waals surface area (Å²) in [5.41, 5.74) is -4.21. The van der Waals surface area contributed by atoms with Gasteiger partial charge in [0.1, 0.15) is 11.6 Å². The second-order valence-electron chi connectivity index (χ2n) is 7.31. The van der Waals surface area contributed by atoms with Gasteiger partial charge in [-0.3, -0.25) is 14.3 Å². The summed E-state index contributed by atoms with van der Waals surface area (Å²) in [5, 5.41) is -0.367. The molecule has 0 amide bonds. The number of ether oxygens (including phenoxy) is 2. The second-order valence-corrected chi connectivity index (χ2v) is 8.34. The molecule has 0 saturated carbocycles. The predicted molar refractivity (Wildman–Crippen MR) is 112 cm³/mol. The van der Waals surface area contributed by atoms with Crippen molar-refractivity contribution in [1.82, 2.24) is 9.55 Å². The molecule has 1 atom stereocenters. The summed E-state index contributed by atoms with van der Waals surface area (Å²) in [6.07, 6.45) is -5.57. The fraction of sp³-hybridized carbons (Fsp3) is 0.333. The summed E-state index contributed by atoms with van der Waals surface area (Å²) >= 11 is 0.911. The van der Waals surface area contributed by atoms with Crippen LogP contribution in [0.3, 0.4) is 0 Å². The maximum atomic E-state index is 14.7. The van der Waals surface area contributed by atoms with Gasteiger partial charge >= 0.3 is 11.9 Å². The zero-order valence-electron chi connectivity index (χ0n) is 17.1. The van der Waals surface area contributed by atoms with E-state index in [1.807, 2.05) is 4.98 Å². The Morgan fingerprint density at radius 1 is 1.18 bits per heavy atom. The molecule has 0 unspecified atom stereocenters. The minimum absolute atomic E-state index is 0.0491. The fourth-order valence-corrected chi connectivity index (χ4v) is 5.03. The van der Waals surface area contributed by atoms with Gasteiger partial charge in [0.15, 0.2) is 0 Å². The van der Waals surface area contributed by atoms with Gasteiger partial charge in [0.2, 0.25) is 0 Å². The monoisotopic (exact) mass is 488 g/mol. The van der Waals surface area contributed by atoms with Crippen molar-refractivity contribution >= 4 is 22.7 Å². The van der Waals surface area contributed by atoms with Crippen molar-refractivity contribution in [3.8, 4) is 11.1 Å². The topological polar surface area (TPSA) is 73.3 Å². The third-order valence-corrected chi connectivity index (χ3v) is 6.41. The lowest BCUT2D eigenvalue weighted by atomic mass is 9.96. The predicted octanol–water partition coefficient (Wildman–Crippen LogP) is 3.79. The molecule has 33 heavy (non-hydrogen) atoms. The van der Waals surface area contributed by atoms with E-state index < -0.39 is 51.9 Å². The van der Waals surface area contributed by atoms with Gasteiger partial charge < -0.3 is 9.47 Å². The van der Waals surface area contributed by atoms with E-state index in [1.165, 1.54) is 7.11 Å². The van der Waals surface area contributed by atoms with Gasteiger partial charge in [-0.15, -0.1) is 11.8 Å². The van der Waals surface area contributed by atoms with Gasteiger partial charge in [0.05, 0.1) is 42.3 Å². The third kappa shape index (κ3) is 4.42. The van der Waals surface area contributed by atoms with Gasteiger partial charge in [0.25, 0.3) is 5.56 Å². The van der Waals surface area contributed by atoms with Crippen LogP contribution in [-0.2, 0) is 22.2 Å². The second kappa shape index (κ2) is 8.92. The molecule has 1 N–H and O–H groups in total. The molecule has 2 aromatic carbocycles. The molecule has 0 fully saturated rings. The van der Waals surface area contributed by atoms with Crippen LogP contribution in [-0.4, -0.2) is 41.7 Å². The van der Waals surface area contributed by atoms with E-state index in [9.17, 15) is 31.5 Å². The van der Waals surface area contributed by atoms with Crippen LogP contribution in [0.1, 0.15) is 5.56 Å². The first-order valence-electron chi connectivity index (χ1n) is 9.71. The molecule has 3 aromatic rings. The molecule has 0 spiro atoms. The third-order valence-electron chi connectivity index (χ3n) is 5.18. The average molecular weight is 488 g/mol. The largest absolute Gasteiger partial charge is 0.417 e. The molecule has 0 radical (unpaired) electrons. The van der Waals surface area contributed by atoms with E-state index in [0.29, 0.717) is 12.1 Å². The molecule has 12 heteroatoms. The maximum absolute atomic E-state index is 14.7. The van der Waals surface area contributed by atoms with Crippen LogP contribution in [0, 0.1) is 11.6 Å². The van der Waals surface area contributed by atoms with Crippen LogP contribution >= 0.6 is 11.8 Å². The first kappa shape index (κ1) is 23.5. The van der Waals surface area contributed by atoms with Crippen molar-refractivity contribution in [2.75, 3.05) is 26.1 Å². The van der Waals surface area contributed by atoms with Crippen LogP contribution in [0.15, 0.2) is 38.8 Å². The highest BCUT2D eigenvalue weighted by Crippen LogP contribution is 2.47. The summed E-state index contributed by atoms with van der Waals surface area (Å²) in [5.74, 6) is -2.04. The molecule has 0 bridgehead atoms. The number of H-pyrrole nitrogens is 1. The quantitative estimate of drug-likeness (QED) is 0.437. The number of rotatable bonds is 5. The van der Waals surface area contributed by atoms with E-state index in [0.717, 1.165) is 28.5 Å². The van der Waals surface area contributed by atoms with Crippen molar-refractivity contribution in [2.24, 2.45) is 0 Å². The minimum atomic E-state index is -4.96. The summed E-state index contributed by atoms with van der Waals surface area (Å²) < 4.78 is 82.2. The molecule has 6 nitrogen and oxygen atoms in total. The highest BCUT2D eigenvalue weighted by molar-refractivity contribution is 7.99. The molecular weight excluding hydrogens is 471 g/mol. The van der Waals surface area contributed by atoms with Crippen molar-refractivity contribution in [3.05, 3.63) is 62.3 Å². The van der Waals surface area contributed by atoms with E-state index in [-0.39, 0.29) is 41.3 Å². The van der Waals surface area contributed by atoms with Crippen molar-refractivity contribution < 1.29 is 31.4 Å². The van der Waals surface area contributed by atoms with Crippen molar-refractivity contribution in [3.63, 3.8) is 0 Å². The average Bonchev–Trinajstić information content (AvgIpc) is 2.92. The Labute approximate surface area is 187 Å². The number of benzene rings is 2. The van der Waals surface area contributed by atoms with E-state index in [4.69, 9.17) is 9.47 Å². The summed E-state index contributed by atoms with van der Waals surface area (Å²) in [7, 11) is 1.47. The highest BCUT2D eigenvalue weighted by Gasteiger charge is 2.38. The summed E-state index contributed by atoms with van der Waals surface area (Å²) in [4.78, 5) is 27.0. The van der Waals surface area contributed by atoms with Crippen LogP contribution < -0.4 is 11.2 Å². The van der Waals surface area contributed by atoms with E-state index in [2.05, 4.69) is 0 Å². The first-order valence-corrected chi connectivity index (χ1v) is 10.7. The number of hydrogen-bond acceptors (Lipinski definition) is 5. The molecule has 4 rings (SSSR count). The highest BCUT2D eigenvalue weighted by atomic mass is 32.2. The smallest absolute Gasteiger partial charge is 0.382 e. The molecule has 1 aliphatic rings. The number of thioether (sulfide) groups is 1. The Morgan fingerprint density at radius 2 is 1.94 bits per heavy atom. The zero-order valence-corrected chi connectivity index (χ0v) is 17.9. The molecule has 1 aromatic heterocycles. The van der Waals surface area contributed by atoms with Crippen LogP contribution in [0.5, 0.6) is 0 Å². The fourth-order valence-electron chi connectivity index (χ4n) is 3.75. The Bertz CT molecular complexity index is 1340. The molecule has 1 aliphatic heterocycles. The SMILES string of the molecule is COCCO[C@H]1CSc2c(-c3ccc(F)cc3F)c(C(F)(F)F)cc3c(=O)[nH]c(=O)n(c23)C1. The molecular formula is C21H17F5N2O4S.